The Bertz CT molecular complexity index is 847. The van der Waals surface area contributed by atoms with Crippen LogP contribution in [0.4, 0.5) is 0 Å². The molecule has 1 aromatic rings. The Morgan fingerprint density at radius 3 is 1.63 bits per heavy atom. The lowest BCUT2D eigenvalue weighted by atomic mass is 9.98. The fraction of sp³-hybridized carbons (Fsp3) is 0.714. The SMILES string of the molecule is C/C(=C\CCC[C@@H](O)C[C@H](O)CCCCCCCCCCCCCCCCc1ccc(O)cc1)C(=O)C(C)C(=O)O. The molecule has 0 fully saturated rings. The zero-order chi connectivity index (χ0) is 30.3. The van der Waals surface area contributed by atoms with Crippen molar-refractivity contribution in [3.05, 3.63) is 41.5 Å². The summed E-state index contributed by atoms with van der Waals surface area (Å²) in [5, 5.41) is 38.7. The molecular weight excluding hydrogens is 516 g/mol. The lowest BCUT2D eigenvalue weighted by Gasteiger charge is -2.15. The van der Waals surface area contributed by atoms with Crippen molar-refractivity contribution >= 4 is 11.8 Å². The first-order chi connectivity index (χ1) is 19.7. The molecular formula is C35H58O6. The number of carboxylic acid groups (broad SMARTS) is 1. The van der Waals surface area contributed by atoms with Crippen molar-refractivity contribution < 1.29 is 30.0 Å². The Morgan fingerprint density at radius 2 is 1.15 bits per heavy atom. The lowest BCUT2D eigenvalue weighted by Crippen LogP contribution is -2.21. The highest BCUT2D eigenvalue weighted by atomic mass is 16.4. The molecule has 41 heavy (non-hydrogen) atoms. The van der Waals surface area contributed by atoms with E-state index >= 15 is 0 Å². The van der Waals surface area contributed by atoms with Gasteiger partial charge in [0.05, 0.1) is 12.2 Å². The fourth-order valence-corrected chi connectivity index (χ4v) is 5.27. The summed E-state index contributed by atoms with van der Waals surface area (Å²) >= 11 is 0. The molecule has 0 spiro atoms. The van der Waals surface area contributed by atoms with E-state index in [4.69, 9.17) is 5.11 Å². The number of carboxylic acids is 1. The standard InChI is InChI=1S/C35H58O6/c1-28(34(39)29(2)35(40)41)19-17-18-22-33(38)27-32(37)21-16-14-12-10-8-6-4-3-5-7-9-11-13-15-20-30-23-25-31(36)26-24-30/h19,23-26,29,32-33,36-38H,3-18,20-22,27H2,1-2H3,(H,40,41)/b28-19+/t29?,32-,33-/m1/s1. The number of aliphatic hydroxyl groups excluding tert-OH is 2. The van der Waals surface area contributed by atoms with Gasteiger partial charge < -0.3 is 20.4 Å². The van der Waals surface area contributed by atoms with E-state index in [1.54, 1.807) is 25.1 Å². The van der Waals surface area contributed by atoms with Crippen LogP contribution in [-0.2, 0) is 16.0 Å². The molecule has 6 heteroatoms. The Hall–Kier alpha value is -2.18. The quantitative estimate of drug-likeness (QED) is 0.0502. The number of Topliss-reactive ketones (excluding diaryl/α,β-unsaturated/α-hetero) is 1. The van der Waals surface area contributed by atoms with Crippen LogP contribution in [-0.4, -0.2) is 44.4 Å². The fourth-order valence-electron chi connectivity index (χ4n) is 5.27. The molecule has 4 N–H and O–H groups in total. The van der Waals surface area contributed by atoms with E-state index < -0.39 is 24.1 Å². The molecule has 1 rings (SSSR count). The number of rotatable bonds is 26. The van der Waals surface area contributed by atoms with Crippen LogP contribution in [0.1, 0.15) is 141 Å². The average molecular weight is 575 g/mol. The zero-order valence-corrected chi connectivity index (χ0v) is 25.9. The topological polar surface area (TPSA) is 115 Å². The van der Waals surface area contributed by atoms with Crippen LogP contribution in [0.5, 0.6) is 5.75 Å². The Morgan fingerprint density at radius 1 is 0.707 bits per heavy atom. The van der Waals surface area contributed by atoms with Crippen molar-refractivity contribution in [2.45, 2.75) is 154 Å². The van der Waals surface area contributed by atoms with E-state index in [1.165, 1.54) is 89.5 Å². The first-order valence-corrected chi connectivity index (χ1v) is 16.3. The average Bonchev–Trinajstić information content (AvgIpc) is 2.94. The Kier molecular flexibility index (Phi) is 21.0. The smallest absolute Gasteiger partial charge is 0.314 e. The number of hydrogen-bond donors (Lipinski definition) is 4. The number of ketones is 1. The minimum Gasteiger partial charge on any atom is -0.508 e. The van der Waals surface area contributed by atoms with Crippen LogP contribution in [0.3, 0.4) is 0 Å². The predicted molar refractivity (Wildman–Crippen MR) is 167 cm³/mol. The number of aliphatic hydroxyl groups is 2. The predicted octanol–water partition coefficient (Wildman–Crippen LogP) is 8.30. The third-order valence-corrected chi connectivity index (χ3v) is 8.08. The maximum atomic E-state index is 11.9. The number of benzene rings is 1. The minimum absolute atomic E-state index is 0.341. The van der Waals surface area contributed by atoms with Gasteiger partial charge in [0.25, 0.3) is 0 Å². The number of unbranched alkanes of at least 4 members (excludes halogenated alkanes) is 14. The molecule has 0 heterocycles. The molecule has 0 aromatic heterocycles. The number of aryl methyl sites for hydroxylation is 1. The molecule has 3 atom stereocenters. The van der Waals surface area contributed by atoms with Gasteiger partial charge in [0, 0.05) is 0 Å². The second-order valence-electron chi connectivity index (χ2n) is 11.9. The molecule has 234 valence electrons. The van der Waals surface area contributed by atoms with E-state index in [9.17, 15) is 24.9 Å². The van der Waals surface area contributed by atoms with Gasteiger partial charge in [0.1, 0.15) is 11.7 Å². The van der Waals surface area contributed by atoms with Gasteiger partial charge in [-0.05, 0) is 82.1 Å². The van der Waals surface area contributed by atoms with Crippen LogP contribution in [0, 0.1) is 5.92 Å². The van der Waals surface area contributed by atoms with Gasteiger partial charge in [-0.2, -0.15) is 0 Å². The summed E-state index contributed by atoms with van der Waals surface area (Å²) in [7, 11) is 0. The summed E-state index contributed by atoms with van der Waals surface area (Å²) in [6, 6.07) is 7.57. The molecule has 0 aliphatic carbocycles. The van der Waals surface area contributed by atoms with Gasteiger partial charge in [-0.25, -0.2) is 0 Å². The van der Waals surface area contributed by atoms with Crippen molar-refractivity contribution in [1.82, 2.24) is 0 Å². The second-order valence-corrected chi connectivity index (χ2v) is 11.9. The van der Waals surface area contributed by atoms with Crippen molar-refractivity contribution in [1.29, 1.82) is 0 Å². The molecule has 0 saturated heterocycles. The van der Waals surface area contributed by atoms with E-state index in [2.05, 4.69) is 0 Å². The van der Waals surface area contributed by atoms with Crippen LogP contribution in [0.15, 0.2) is 35.9 Å². The Labute approximate surface area is 249 Å². The van der Waals surface area contributed by atoms with Crippen molar-refractivity contribution in [3.63, 3.8) is 0 Å². The second kappa shape index (κ2) is 23.4. The van der Waals surface area contributed by atoms with Crippen molar-refractivity contribution in [3.8, 4) is 5.75 Å². The first-order valence-electron chi connectivity index (χ1n) is 16.3. The van der Waals surface area contributed by atoms with Gasteiger partial charge in [0.15, 0.2) is 5.78 Å². The molecule has 0 aliphatic rings. The number of phenols is 1. The highest BCUT2D eigenvalue weighted by Crippen LogP contribution is 2.17. The summed E-state index contributed by atoms with van der Waals surface area (Å²) in [5.74, 6) is -2.17. The van der Waals surface area contributed by atoms with Gasteiger partial charge in [-0.1, -0.05) is 102 Å². The number of phenolic OH excluding ortho intramolecular Hbond substituents is 1. The number of hydrogen-bond acceptors (Lipinski definition) is 5. The van der Waals surface area contributed by atoms with Crippen LogP contribution in [0.25, 0.3) is 0 Å². The number of allylic oxidation sites excluding steroid dienone is 2. The van der Waals surface area contributed by atoms with Crippen molar-refractivity contribution in [2.24, 2.45) is 5.92 Å². The highest BCUT2D eigenvalue weighted by molar-refractivity contribution is 6.07. The van der Waals surface area contributed by atoms with Crippen LogP contribution in [0.2, 0.25) is 0 Å². The molecule has 1 aromatic carbocycles. The molecule has 1 unspecified atom stereocenters. The summed E-state index contributed by atoms with van der Waals surface area (Å²) < 4.78 is 0. The molecule has 0 radical (unpaired) electrons. The summed E-state index contributed by atoms with van der Waals surface area (Å²) in [6.07, 6.45) is 22.6. The van der Waals surface area contributed by atoms with Gasteiger partial charge >= 0.3 is 5.97 Å². The zero-order valence-electron chi connectivity index (χ0n) is 25.9. The van der Waals surface area contributed by atoms with Gasteiger partial charge in [-0.15, -0.1) is 0 Å². The number of carbonyl (C=O) groups is 2. The third-order valence-electron chi connectivity index (χ3n) is 8.08. The van der Waals surface area contributed by atoms with Crippen LogP contribution < -0.4 is 0 Å². The monoisotopic (exact) mass is 574 g/mol. The van der Waals surface area contributed by atoms with E-state index in [-0.39, 0.29) is 5.78 Å². The summed E-state index contributed by atoms with van der Waals surface area (Å²) in [5.41, 5.74) is 1.77. The number of aliphatic carboxylic acids is 1. The first kappa shape index (κ1) is 36.8. The molecule has 6 nitrogen and oxygen atoms in total. The highest BCUT2D eigenvalue weighted by Gasteiger charge is 2.21. The summed E-state index contributed by atoms with van der Waals surface area (Å²) in [4.78, 5) is 22.9. The molecule has 0 aliphatic heterocycles. The van der Waals surface area contributed by atoms with Gasteiger partial charge in [0.2, 0.25) is 0 Å². The van der Waals surface area contributed by atoms with Gasteiger partial charge in [-0.3, -0.25) is 9.59 Å². The maximum absolute atomic E-state index is 11.9. The lowest BCUT2D eigenvalue weighted by molar-refractivity contribution is -0.144. The van der Waals surface area contributed by atoms with Crippen molar-refractivity contribution in [2.75, 3.05) is 0 Å². The van der Waals surface area contributed by atoms with Crippen LogP contribution >= 0.6 is 0 Å². The number of carbonyl (C=O) groups excluding carboxylic acids is 1. The normalized spacial score (nSPS) is 14.1. The van der Waals surface area contributed by atoms with E-state index in [1.807, 2.05) is 12.1 Å². The number of aromatic hydroxyl groups is 1. The Balaban J connectivity index is 1.87. The minimum atomic E-state index is -1.12. The molecule has 0 amide bonds. The van der Waals surface area contributed by atoms with E-state index in [0.29, 0.717) is 37.0 Å². The maximum Gasteiger partial charge on any atom is 0.314 e. The summed E-state index contributed by atoms with van der Waals surface area (Å²) in [6.45, 7) is 3.03. The molecule has 0 saturated carbocycles. The van der Waals surface area contributed by atoms with E-state index in [0.717, 1.165) is 25.7 Å². The largest absolute Gasteiger partial charge is 0.508 e. The molecule has 0 bridgehead atoms. The third kappa shape index (κ3) is 19.6.